The van der Waals surface area contributed by atoms with Crippen LogP contribution in [0, 0.1) is 5.82 Å². The Bertz CT molecular complexity index is 1250. The van der Waals surface area contributed by atoms with Crippen molar-refractivity contribution in [1.29, 1.82) is 0 Å². The summed E-state index contributed by atoms with van der Waals surface area (Å²) in [5, 5.41) is 12.3. The minimum absolute atomic E-state index is 0.0504. The van der Waals surface area contributed by atoms with Gasteiger partial charge in [0.2, 0.25) is 0 Å². The van der Waals surface area contributed by atoms with Crippen LogP contribution in [-0.2, 0) is 30.6 Å². The second-order valence-corrected chi connectivity index (χ2v) is 8.93. The summed E-state index contributed by atoms with van der Waals surface area (Å²) in [4.78, 5) is 38.7. The molecule has 0 radical (unpaired) electrons. The van der Waals surface area contributed by atoms with Gasteiger partial charge >= 0.3 is 5.97 Å². The molecule has 2 N–H and O–H groups in total. The van der Waals surface area contributed by atoms with E-state index >= 15 is 0 Å². The van der Waals surface area contributed by atoms with Crippen LogP contribution in [0.5, 0.6) is 0 Å². The van der Waals surface area contributed by atoms with Crippen molar-refractivity contribution in [3.8, 4) is 0 Å². The van der Waals surface area contributed by atoms with Crippen LogP contribution in [-0.4, -0.2) is 21.6 Å². The second-order valence-electron chi connectivity index (χ2n) is 8.93. The van der Waals surface area contributed by atoms with Crippen molar-refractivity contribution in [2.75, 3.05) is 0 Å². The van der Waals surface area contributed by atoms with Crippen LogP contribution in [0.3, 0.4) is 0 Å². The monoisotopic (exact) mass is 476 g/mol. The first kappa shape index (κ1) is 24.4. The molecule has 0 aliphatic heterocycles. The third-order valence-electron chi connectivity index (χ3n) is 6.54. The molecule has 35 heavy (non-hydrogen) atoms. The zero-order chi connectivity index (χ0) is 24.8. The van der Waals surface area contributed by atoms with Gasteiger partial charge in [-0.2, -0.15) is 0 Å². The number of amides is 1. The standard InChI is InChI=1S/C28H29FN2O4/c29-22-14-12-19(13-15-22)16-17-31-24-11-7-2-1-4-10-21(24)18-23(27(31)33)26(32)30-25(28(34)35)20-8-5-3-6-9-20/h3,5-6,8-9,12-15,18,25H,1-2,4,7,10-11,16-17H2,(H,30,32)(H,34,35)/t25-/m1/s1. The zero-order valence-corrected chi connectivity index (χ0v) is 19.5. The number of carboxylic acid groups (broad SMARTS) is 1. The SMILES string of the molecule is O=C(N[C@@H](C(=O)O)c1ccccc1)c1cc2c(n(CCc3ccc(F)cc3)c1=O)CCCCCC2. The molecule has 1 heterocycles. The summed E-state index contributed by atoms with van der Waals surface area (Å²) >= 11 is 0. The quantitative estimate of drug-likeness (QED) is 0.528. The van der Waals surface area contributed by atoms with Crippen molar-refractivity contribution in [1.82, 2.24) is 9.88 Å². The number of nitrogens with zero attached hydrogens (tertiary/aromatic N) is 1. The van der Waals surface area contributed by atoms with Gasteiger partial charge in [-0.1, -0.05) is 55.3 Å². The molecule has 0 spiro atoms. The average Bonchev–Trinajstić information content (AvgIpc) is 2.84. The van der Waals surface area contributed by atoms with E-state index in [-0.39, 0.29) is 11.4 Å². The lowest BCUT2D eigenvalue weighted by molar-refractivity contribution is -0.139. The van der Waals surface area contributed by atoms with E-state index in [4.69, 9.17) is 0 Å². The molecule has 0 saturated carbocycles. The van der Waals surface area contributed by atoms with Crippen molar-refractivity contribution in [3.05, 3.63) is 105 Å². The molecule has 182 valence electrons. The lowest BCUT2D eigenvalue weighted by atomic mass is 9.95. The molecule has 1 atom stereocenters. The highest BCUT2D eigenvalue weighted by molar-refractivity contribution is 5.96. The van der Waals surface area contributed by atoms with E-state index in [0.717, 1.165) is 55.3 Å². The smallest absolute Gasteiger partial charge is 0.330 e. The molecule has 0 unspecified atom stereocenters. The molecule has 1 amide bonds. The molecular formula is C28H29FN2O4. The van der Waals surface area contributed by atoms with Crippen LogP contribution in [0.1, 0.15) is 64.5 Å². The van der Waals surface area contributed by atoms with E-state index in [1.165, 1.54) is 12.1 Å². The van der Waals surface area contributed by atoms with E-state index < -0.39 is 23.5 Å². The lowest BCUT2D eigenvalue weighted by Gasteiger charge is -2.22. The Hall–Kier alpha value is -3.74. The number of halogens is 1. The minimum atomic E-state index is -1.27. The maximum Gasteiger partial charge on any atom is 0.330 e. The topological polar surface area (TPSA) is 88.4 Å². The van der Waals surface area contributed by atoms with E-state index in [9.17, 15) is 23.9 Å². The largest absolute Gasteiger partial charge is 0.479 e. The van der Waals surface area contributed by atoms with Crippen molar-refractivity contribution in [2.24, 2.45) is 0 Å². The summed E-state index contributed by atoms with van der Waals surface area (Å²) in [7, 11) is 0. The van der Waals surface area contributed by atoms with Crippen LogP contribution in [0.2, 0.25) is 0 Å². The fourth-order valence-corrected chi connectivity index (χ4v) is 4.67. The number of pyridine rings is 1. The number of nitrogens with one attached hydrogen (secondary N) is 1. The van der Waals surface area contributed by atoms with Gasteiger partial charge in [-0.3, -0.25) is 9.59 Å². The summed E-state index contributed by atoms with van der Waals surface area (Å²) in [5.41, 5.74) is 2.73. The van der Waals surface area contributed by atoms with Crippen molar-refractivity contribution in [3.63, 3.8) is 0 Å². The number of fused-ring (bicyclic) bond motifs is 1. The van der Waals surface area contributed by atoms with Gasteiger partial charge < -0.3 is 15.0 Å². The van der Waals surface area contributed by atoms with Gasteiger partial charge in [-0.15, -0.1) is 0 Å². The first-order valence-electron chi connectivity index (χ1n) is 12.0. The molecule has 7 heteroatoms. The number of carbonyl (C=O) groups is 2. The average molecular weight is 477 g/mol. The Morgan fingerprint density at radius 2 is 1.66 bits per heavy atom. The third-order valence-corrected chi connectivity index (χ3v) is 6.54. The number of benzene rings is 2. The maximum atomic E-state index is 13.5. The van der Waals surface area contributed by atoms with Crippen molar-refractivity contribution in [2.45, 2.75) is 57.5 Å². The number of aliphatic carboxylic acids is 1. The Morgan fingerprint density at radius 3 is 2.34 bits per heavy atom. The minimum Gasteiger partial charge on any atom is -0.479 e. The molecule has 1 aliphatic rings. The molecular weight excluding hydrogens is 447 g/mol. The molecule has 0 saturated heterocycles. The van der Waals surface area contributed by atoms with Crippen molar-refractivity contribution < 1.29 is 19.1 Å². The normalized spacial score (nSPS) is 14.3. The number of rotatable bonds is 7. The van der Waals surface area contributed by atoms with Gasteiger partial charge in [0.1, 0.15) is 11.4 Å². The predicted molar refractivity (Wildman–Crippen MR) is 131 cm³/mol. The Balaban J connectivity index is 1.69. The Morgan fingerprint density at radius 1 is 0.971 bits per heavy atom. The van der Waals surface area contributed by atoms with Crippen molar-refractivity contribution >= 4 is 11.9 Å². The summed E-state index contributed by atoms with van der Waals surface area (Å²) in [6.45, 7) is 0.356. The second kappa shape index (κ2) is 11.1. The molecule has 3 aromatic rings. The number of aromatic nitrogens is 1. The number of carbonyl (C=O) groups excluding carboxylic acids is 1. The molecule has 6 nitrogen and oxygen atoms in total. The molecule has 1 aliphatic carbocycles. The molecule has 1 aromatic heterocycles. The van der Waals surface area contributed by atoms with Crippen LogP contribution in [0.15, 0.2) is 65.5 Å². The third kappa shape index (κ3) is 5.85. The summed E-state index contributed by atoms with van der Waals surface area (Å²) < 4.78 is 15.0. The number of hydrogen-bond acceptors (Lipinski definition) is 3. The Kier molecular flexibility index (Phi) is 7.75. The summed E-state index contributed by atoms with van der Waals surface area (Å²) in [6.07, 6.45) is 6.12. The van der Waals surface area contributed by atoms with Crippen LogP contribution >= 0.6 is 0 Å². The van der Waals surface area contributed by atoms with E-state index in [0.29, 0.717) is 18.5 Å². The highest BCUT2D eigenvalue weighted by Crippen LogP contribution is 2.21. The van der Waals surface area contributed by atoms with Gasteiger partial charge in [0.05, 0.1) is 0 Å². The lowest BCUT2D eigenvalue weighted by Crippen LogP contribution is -2.39. The van der Waals surface area contributed by atoms with Crippen LogP contribution in [0.25, 0.3) is 0 Å². The molecule has 2 aromatic carbocycles. The number of hydrogen-bond donors (Lipinski definition) is 2. The fraction of sp³-hybridized carbons (Fsp3) is 0.321. The first-order valence-corrected chi connectivity index (χ1v) is 12.0. The highest BCUT2D eigenvalue weighted by atomic mass is 19.1. The van der Waals surface area contributed by atoms with Gasteiger partial charge in [-0.25, -0.2) is 9.18 Å². The zero-order valence-electron chi connectivity index (χ0n) is 19.5. The molecule has 0 bridgehead atoms. The van der Waals surface area contributed by atoms with Crippen LogP contribution < -0.4 is 10.9 Å². The van der Waals surface area contributed by atoms with Gasteiger partial charge in [-0.05, 0) is 67.0 Å². The fourth-order valence-electron chi connectivity index (χ4n) is 4.67. The van der Waals surface area contributed by atoms with E-state index in [1.807, 2.05) is 0 Å². The predicted octanol–water partition coefficient (Wildman–Crippen LogP) is 4.44. The summed E-state index contributed by atoms with van der Waals surface area (Å²) in [6, 6.07) is 15.0. The van der Waals surface area contributed by atoms with Gasteiger partial charge in [0.15, 0.2) is 6.04 Å². The first-order chi connectivity index (χ1) is 16.9. The van der Waals surface area contributed by atoms with Crippen LogP contribution in [0.4, 0.5) is 4.39 Å². The number of aryl methyl sites for hydroxylation is 2. The maximum absolute atomic E-state index is 13.5. The van der Waals surface area contributed by atoms with Gasteiger partial charge in [0.25, 0.3) is 11.5 Å². The summed E-state index contributed by atoms with van der Waals surface area (Å²) in [5.74, 6) is -2.22. The highest BCUT2D eigenvalue weighted by Gasteiger charge is 2.26. The molecule has 4 rings (SSSR count). The molecule has 0 fully saturated rings. The number of carboxylic acids is 1. The van der Waals surface area contributed by atoms with Gasteiger partial charge in [0, 0.05) is 12.2 Å². The Labute approximate surface area is 203 Å². The van der Waals surface area contributed by atoms with E-state index in [1.54, 1.807) is 53.1 Å². The van der Waals surface area contributed by atoms with E-state index in [2.05, 4.69) is 5.32 Å².